The monoisotopic (exact) mass is 323 g/mol. The van der Waals surface area contributed by atoms with Crippen LogP contribution in [-0.2, 0) is 20.9 Å². The van der Waals surface area contributed by atoms with Gasteiger partial charge in [-0.3, -0.25) is 0 Å². The Morgan fingerprint density at radius 3 is 2.43 bits per heavy atom. The molecule has 1 atom stereocenters. The smallest absolute Gasteiger partial charge is 0.408 e. The molecule has 0 unspecified atom stereocenters. The Morgan fingerprint density at radius 1 is 1.22 bits per heavy atom. The highest BCUT2D eigenvalue weighted by molar-refractivity contribution is 5.81. The molecular formula is C17H25NO5. The van der Waals surface area contributed by atoms with E-state index in [0.29, 0.717) is 6.42 Å². The standard InChI is InChI=1S/C17H25NO5/c1-17(2,3)23-15(20)14(10-7-11-19)18-16(21)22-12-13-8-5-4-6-9-13/h4-6,8-9,14,19H,7,10-12H2,1-3H3,(H,18,21)/t14-/m1/s1. The van der Waals surface area contributed by atoms with Crippen LogP contribution in [0, 0.1) is 0 Å². The minimum absolute atomic E-state index is 0.0694. The van der Waals surface area contributed by atoms with Crippen molar-refractivity contribution in [2.24, 2.45) is 0 Å². The number of carbonyl (C=O) groups excluding carboxylic acids is 2. The third-order valence-electron chi connectivity index (χ3n) is 2.85. The molecule has 0 saturated heterocycles. The van der Waals surface area contributed by atoms with Crippen LogP contribution in [0.25, 0.3) is 0 Å². The summed E-state index contributed by atoms with van der Waals surface area (Å²) in [5, 5.41) is 11.4. The van der Waals surface area contributed by atoms with E-state index < -0.39 is 23.7 Å². The Bertz CT molecular complexity index is 495. The first-order valence-electron chi connectivity index (χ1n) is 7.63. The van der Waals surface area contributed by atoms with Crippen LogP contribution in [0.1, 0.15) is 39.2 Å². The average molecular weight is 323 g/mol. The second kappa shape index (κ2) is 9.15. The number of carbonyl (C=O) groups is 2. The topological polar surface area (TPSA) is 84.9 Å². The van der Waals surface area contributed by atoms with Gasteiger partial charge in [-0.25, -0.2) is 9.59 Å². The van der Waals surface area contributed by atoms with Crippen LogP contribution in [0.2, 0.25) is 0 Å². The molecule has 1 aromatic rings. The van der Waals surface area contributed by atoms with Gasteiger partial charge in [0.25, 0.3) is 0 Å². The number of alkyl carbamates (subject to hydrolysis) is 1. The number of esters is 1. The van der Waals surface area contributed by atoms with Crippen molar-refractivity contribution in [2.45, 2.75) is 51.9 Å². The molecule has 0 spiro atoms. The van der Waals surface area contributed by atoms with Gasteiger partial charge in [0.15, 0.2) is 0 Å². The maximum absolute atomic E-state index is 12.1. The summed E-state index contributed by atoms with van der Waals surface area (Å²) in [6.07, 6.45) is -0.0306. The molecule has 0 radical (unpaired) electrons. The minimum Gasteiger partial charge on any atom is -0.458 e. The summed E-state index contributed by atoms with van der Waals surface area (Å²) < 4.78 is 10.4. The summed E-state index contributed by atoms with van der Waals surface area (Å²) in [6.45, 7) is 5.30. The van der Waals surface area contributed by atoms with Gasteiger partial charge >= 0.3 is 12.1 Å². The molecule has 23 heavy (non-hydrogen) atoms. The Morgan fingerprint density at radius 2 is 1.87 bits per heavy atom. The van der Waals surface area contributed by atoms with E-state index in [1.165, 1.54) is 0 Å². The van der Waals surface area contributed by atoms with Crippen LogP contribution >= 0.6 is 0 Å². The predicted molar refractivity (Wildman–Crippen MR) is 85.7 cm³/mol. The zero-order chi connectivity index (χ0) is 17.3. The lowest BCUT2D eigenvalue weighted by molar-refractivity contribution is -0.157. The maximum Gasteiger partial charge on any atom is 0.408 e. The summed E-state index contributed by atoms with van der Waals surface area (Å²) in [6, 6.07) is 8.40. The number of amides is 1. The fourth-order valence-electron chi connectivity index (χ4n) is 1.82. The molecule has 0 bridgehead atoms. The molecule has 1 aromatic carbocycles. The normalized spacial score (nSPS) is 12.3. The lowest BCUT2D eigenvalue weighted by Crippen LogP contribution is -2.44. The molecular weight excluding hydrogens is 298 g/mol. The lowest BCUT2D eigenvalue weighted by Gasteiger charge is -2.24. The van der Waals surface area contributed by atoms with Gasteiger partial charge in [0.1, 0.15) is 18.2 Å². The number of aliphatic hydroxyl groups excluding tert-OH is 1. The van der Waals surface area contributed by atoms with E-state index in [4.69, 9.17) is 14.6 Å². The van der Waals surface area contributed by atoms with Gasteiger partial charge in [-0.1, -0.05) is 30.3 Å². The first-order chi connectivity index (χ1) is 10.8. The summed E-state index contributed by atoms with van der Waals surface area (Å²) in [5.74, 6) is -0.539. The third kappa shape index (κ3) is 8.21. The minimum atomic E-state index is -0.843. The van der Waals surface area contributed by atoms with E-state index in [1.54, 1.807) is 20.8 Å². The quantitative estimate of drug-likeness (QED) is 0.753. The molecule has 2 N–H and O–H groups in total. The maximum atomic E-state index is 12.1. The highest BCUT2D eigenvalue weighted by Gasteiger charge is 2.26. The van der Waals surface area contributed by atoms with Crippen molar-refractivity contribution in [3.63, 3.8) is 0 Å². The largest absolute Gasteiger partial charge is 0.458 e. The number of hydrogen-bond donors (Lipinski definition) is 2. The first kappa shape index (κ1) is 19.0. The van der Waals surface area contributed by atoms with Crippen molar-refractivity contribution < 1.29 is 24.2 Å². The zero-order valence-corrected chi connectivity index (χ0v) is 13.9. The molecule has 6 nitrogen and oxygen atoms in total. The van der Waals surface area contributed by atoms with Crippen molar-refractivity contribution >= 4 is 12.1 Å². The van der Waals surface area contributed by atoms with Gasteiger partial charge in [0.2, 0.25) is 0 Å². The molecule has 0 aliphatic rings. The van der Waals surface area contributed by atoms with Crippen LogP contribution in [0.5, 0.6) is 0 Å². The fourth-order valence-corrected chi connectivity index (χ4v) is 1.82. The van der Waals surface area contributed by atoms with Crippen molar-refractivity contribution in [3.8, 4) is 0 Å². The second-order valence-electron chi connectivity index (χ2n) is 6.16. The van der Waals surface area contributed by atoms with E-state index in [1.807, 2.05) is 30.3 Å². The van der Waals surface area contributed by atoms with Crippen LogP contribution < -0.4 is 5.32 Å². The SMILES string of the molecule is CC(C)(C)OC(=O)[C@@H](CCCO)NC(=O)OCc1ccccc1. The van der Waals surface area contributed by atoms with E-state index in [9.17, 15) is 9.59 Å². The number of nitrogens with one attached hydrogen (secondary N) is 1. The zero-order valence-electron chi connectivity index (χ0n) is 13.9. The fraction of sp³-hybridized carbons (Fsp3) is 0.529. The number of hydrogen-bond acceptors (Lipinski definition) is 5. The van der Waals surface area contributed by atoms with Crippen molar-refractivity contribution in [2.75, 3.05) is 6.61 Å². The van der Waals surface area contributed by atoms with Gasteiger partial charge in [-0.2, -0.15) is 0 Å². The Balaban J connectivity index is 2.54. The third-order valence-corrected chi connectivity index (χ3v) is 2.85. The van der Waals surface area contributed by atoms with Crippen LogP contribution in [0.3, 0.4) is 0 Å². The summed E-state index contributed by atoms with van der Waals surface area (Å²) in [5.41, 5.74) is 0.205. The van der Waals surface area contributed by atoms with Gasteiger partial charge in [0.05, 0.1) is 0 Å². The van der Waals surface area contributed by atoms with Crippen molar-refractivity contribution in [1.29, 1.82) is 0 Å². The highest BCUT2D eigenvalue weighted by Crippen LogP contribution is 2.11. The highest BCUT2D eigenvalue weighted by atomic mass is 16.6. The van der Waals surface area contributed by atoms with Gasteiger partial charge in [-0.05, 0) is 39.2 Å². The molecule has 0 fully saturated rings. The van der Waals surface area contributed by atoms with E-state index in [0.717, 1.165) is 5.56 Å². The summed E-state index contributed by atoms with van der Waals surface area (Å²) in [4.78, 5) is 24.0. The molecule has 0 saturated carbocycles. The molecule has 1 rings (SSSR count). The molecule has 1 amide bonds. The van der Waals surface area contributed by atoms with Crippen molar-refractivity contribution in [1.82, 2.24) is 5.32 Å². The number of benzene rings is 1. The molecule has 6 heteroatoms. The van der Waals surface area contributed by atoms with Gasteiger partial charge in [-0.15, -0.1) is 0 Å². The molecule has 0 aromatic heterocycles. The van der Waals surface area contributed by atoms with E-state index in [-0.39, 0.29) is 19.6 Å². The Kier molecular flexibility index (Phi) is 7.54. The summed E-state index contributed by atoms with van der Waals surface area (Å²) >= 11 is 0. The predicted octanol–water partition coefficient (Wildman–Crippen LogP) is 2.40. The van der Waals surface area contributed by atoms with Crippen LogP contribution in [-0.4, -0.2) is 35.4 Å². The van der Waals surface area contributed by atoms with Gasteiger partial charge < -0.3 is 19.9 Å². The van der Waals surface area contributed by atoms with Crippen molar-refractivity contribution in [3.05, 3.63) is 35.9 Å². The van der Waals surface area contributed by atoms with Gasteiger partial charge in [0, 0.05) is 6.61 Å². The van der Waals surface area contributed by atoms with Crippen LogP contribution in [0.15, 0.2) is 30.3 Å². The number of ether oxygens (including phenoxy) is 2. The molecule has 0 aliphatic heterocycles. The first-order valence-corrected chi connectivity index (χ1v) is 7.63. The molecule has 0 heterocycles. The lowest BCUT2D eigenvalue weighted by atomic mass is 10.1. The van der Waals surface area contributed by atoms with E-state index in [2.05, 4.69) is 5.32 Å². The molecule has 0 aliphatic carbocycles. The van der Waals surface area contributed by atoms with E-state index >= 15 is 0 Å². The number of aliphatic hydroxyl groups is 1. The number of rotatable bonds is 7. The second-order valence-corrected chi connectivity index (χ2v) is 6.16. The Hall–Kier alpha value is -2.08. The summed E-state index contributed by atoms with van der Waals surface area (Å²) in [7, 11) is 0. The Labute approximate surface area is 136 Å². The average Bonchev–Trinajstić information content (AvgIpc) is 2.48. The molecule has 128 valence electrons. The van der Waals surface area contributed by atoms with Crippen LogP contribution in [0.4, 0.5) is 4.79 Å².